The number of hydrogen-bond donors (Lipinski definition) is 2. The summed E-state index contributed by atoms with van der Waals surface area (Å²) in [7, 11) is 1.63. The van der Waals surface area contributed by atoms with E-state index in [9.17, 15) is 0 Å². The summed E-state index contributed by atoms with van der Waals surface area (Å²) >= 11 is 3.52. The van der Waals surface area contributed by atoms with Gasteiger partial charge in [-0.25, -0.2) is 0 Å². The SMILES string of the molecule is CCCOc1c(OC)ccc(Br)c1CNCCO. The molecular weight excluding hydrogens is 298 g/mol. The zero-order valence-corrected chi connectivity index (χ0v) is 12.4. The van der Waals surface area contributed by atoms with Crippen molar-refractivity contribution in [1.29, 1.82) is 0 Å². The van der Waals surface area contributed by atoms with Gasteiger partial charge in [-0.15, -0.1) is 0 Å². The summed E-state index contributed by atoms with van der Waals surface area (Å²) in [6.45, 7) is 4.01. The molecule has 0 atom stereocenters. The predicted molar refractivity (Wildman–Crippen MR) is 75.3 cm³/mol. The minimum atomic E-state index is 0.118. The Bertz CT molecular complexity index is 371. The first-order valence-electron chi connectivity index (χ1n) is 6.04. The van der Waals surface area contributed by atoms with Crippen molar-refractivity contribution in [3.8, 4) is 11.5 Å². The Hall–Kier alpha value is -0.780. The maximum Gasteiger partial charge on any atom is 0.166 e. The normalized spacial score (nSPS) is 10.4. The highest BCUT2D eigenvalue weighted by molar-refractivity contribution is 9.10. The molecule has 0 radical (unpaired) electrons. The van der Waals surface area contributed by atoms with Gasteiger partial charge in [0.05, 0.1) is 20.3 Å². The van der Waals surface area contributed by atoms with Gasteiger partial charge < -0.3 is 19.9 Å². The van der Waals surface area contributed by atoms with Gasteiger partial charge in [-0.3, -0.25) is 0 Å². The molecule has 0 aromatic heterocycles. The van der Waals surface area contributed by atoms with Crippen molar-refractivity contribution < 1.29 is 14.6 Å². The smallest absolute Gasteiger partial charge is 0.166 e. The summed E-state index contributed by atoms with van der Waals surface area (Å²) in [6, 6.07) is 3.82. The molecule has 0 bridgehead atoms. The molecule has 5 heteroatoms. The number of methoxy groups -OCH3 is 1. The van der Waals surface area contributed by atoms with Gasteiger partial charge in [-0.1, -0.05) is 22.9 Å². The van der Waals surface area contributed by atoms with Crippen LogP contribution < -0.4 is 14.8 Å². The number of aliphatic hydroxyl groups excluding tert-OH is 1. The molecule has 2 N–H and O–H groups in total. The van der Waals surface area contributed by atoms with E-state index in [1.165, 1.54) is 0 Å². The van der Waals surface area contributed by atoms with Crippen molar-refractivity contribution in [2.24, 2.45) is 0 Å². The summed E-state index contributed by atoms with van der Waals surface area (Å²) in [5, 5.41) is 11.9. The van der Waals surface area contributed by atoms with Crippen LogP contribution in [0.1, 0.15) is 18.9 Å². The maximum absolute atomic E-state index is 8.79. The Labute approximate surface area is 116 Å². The Morgan fingerprint density at radius 3 is 2.78 bits per heavy atom. The summed E-state index contributed by atoms with van der Waals surface area (Å²) in [5.41, 5.74) is 1.01. The van der Waals surface area contributed by atoms with Crippen LogP contribution in [-0.2, 0) is 6.54 Å². The van der Waals surface area contributed by atoms with Gasteiger partial charge in [0, 0.05) is 23.1 Å². The van der Waals surface area contributed by atoms with Crippen LogP contribution in [-0.4, -0.2) is 32.0 Å². The van der Waals surface area contributed by atoms with E-state index in [1.54, 1.807) is 7.11 Å². The molecule has 1 rings (SSSR count). The lowest BCUT2D eigenvalue weighted by molar-refractivity contribution is 0.283. The lowest BCUT2D eigenvalue weighted by Crippen LogP contribution is -2.18. The van der Waals surface area contributed by atoms with Gasteiger partial charge >= 0.3 is 0 Å². The zero-order valence-electron chi connectivity index (χ0n) is 10.8. The number of benzene rings is 1. The second-order valence-electron chi connectivity index (χ2n) is 3.81. The quantitative estimate of drug-likeness (QED) is 0.723. The van der Waals surface area contributed by atoms with Crippen molar-refractivity contribution in [3.05, 3.63) is 22.2 Å². The summed E-state index contributed by atoms with van der Waals surface area (Å²) < 4.78 is 12.1. The third-order valence-corrected chi connectivity index (χ3v) is 3.17. The fourth-order valence-corrected chi connectivity index (χ4v) is 2.01. The number of halogens is 1. The second-order valence-corrected chi connectivity index (χ2v) is 4.66. The zero-order chi connectivity index (χ0) is 13.4. The first kappa shape index (κ1) is 15.3. The molecule has 0 aliphatic carbocycles. The molecule has 0 aliphatic heterocycles. The minimum Gasteiger partial charge on any atom is -0.493 e. The third kappa shape index (κ3) is 4.15. The molecule has 0 saturated heterocycles. The molecule has 0 saturated carbocycles. The van der Waals surface area contributed by atoms with E-state index in [0.717, 1.165) is 28.0 Å². The van der Waals surface area contributed by atoms with E-state index in [4.69, 9.17) is 14.6 Å². The highest BCUT2D eigenvalue weighted by Gasteiger charge is 2.13. The predicted octanol–water partition coefficient (Wildman–Crippen LogP) is 2.33. The summed E-state index contributed by atoms with van der Waals surface area (Å²) in [6.07, 6.45) is 0.944. The van der Waals surface area contributed by atoms with Crippen LogP contribution in [0.5, 0.6) is 11.5 Å². The molecule has 18 heavy (non-hydrogen) atoms. The van der Waals surface area contributed by atoms with Crippen molar-refractivity contribution in [1.82, 2.24) is 5.32 Å². The van der Waals surface area contributed by atoms with E-state index in [0.29, 0.717) is 19.7 Å². The average Bonchev–Trinajstić information content (AvgIpc) is 2.39. The molecule has 1 aromatic carbocycles. The number of aliphatic hydroxyl groups is 1. The van der Waals surface area contributed by atoms with E-state index >= 15 is 0 Å². The van der Waals surface area contributed by atoms with Crippen molar-refractivity contribution in [2.75, 3.05) is 26.9 Å². The highest BCUT2D eigenvalue weighted by atomic mass is 79.9. The van der Waals surface area contributed by atoms with Crippen LogP contribution in [0.2, 0.25) is 0 Å². The Balaban J connectivity index is 2.94. The van der Waals surface area contributed by atoms with E-state index < -0.39 is 0 Å². The van der Waals surface area contributed by atoms with E-state index in [1.807, 2.05) is 12.1 Å². The molecular formula is C13H20BrNO3. The first-order valence-corrected chi connectivity index (χ1v) is 6.83. The summed E-state index contributed by atoms with van der Waals surface area (Å²) in [4.78, 5) is 0. The van der Waals surface area contributed by atoms with Crippen molar-refractivity contribution >= 4 is 15.9 Å². The number of rotatable bonds is 8. The van der Waals surface area contributed by atoms with Crippen LogP contribution in [0, 0.1) is 0 Å². The first-order chi connectivity index (χ1) is 8.74. The van der Waals surface area contributed by atoms with Crippen LogP contribution in [0.3, 0.4) is 0 Å². The Morgan fingerprint density at radius 2 is 2.17 bits per heavy atom. The topological polar surface area (TPSA) is 50.7 Å². The number of nitrogens with one attached hydrogen (secondary N) is 1. The van der Waals surface area contributed by atoms with Crippen molar-refractivity contribution in [2.45, 2.75) is 19.9 Å². The second kappa shape index (κ2) is 8.34. The lowest BCUT2D eigenvalue weighted by Gasteiger charge is -2.16. The van der Waals surface area contributed by atoms with Gasteiger partial charge in [0.15, 0.2) is 11.5 Å². The van der Waals surface area contributed by atoms with E-state index in [-0.39, 0.29) is 6.61 Å². The molecule has 0 aliphatic rings. The average molecular weight is 318 g/mol. The van der Waals surface area contributed by atoms with Gasteiger partial charge in [0.1, 0.15) is 0 Å². The van der Waals surface area contributed by atoms with Crippen LogP contribution in [0.25, 0.3) is 0 Å². The molecule has 0 amide bonds. The van der Waals surface area contributed by atoms with Crippen LogP contribution in [0.15, 0.2) is 16.6 Å². The lowest BCUT2D eigenvalue weighted by atomic mass is 10.2. The van der Waals surface area contributed by atoms with Crippen LogP contribution in [0.4, 0.5) is 0 Å². The van der Waals surface area contributed by atoms with E-state index in [2.05, 4.69) is 28.2 Å². The van der Waals surface area contributed by atoms with Gasteiger partial charge in [-0.05, 0) is 18.6 Å². The summed E-state index contributed by atoms with van der Waals surface area (Å²) in [5.74, 6) is 1.49. The Morgan fingerprint density at radius 1 is 1.39 bits per heavy atom. The van der Waals surface area contributed by atoms with Gasteiger partial charge in [0.2, 0.25) is 0 Å². The van der Waals surface area contributed by atoms with Crippen molar-refractivity contribution in [3.63, 3.8) is 0 Å². The maximum atomic E-state index is 8.79. The van der Waals surface area contributed by atoms with Gasteiger partial charge in [0.25, 0.3) is 0 Å². The van der Waals surface area contributed by atoms with Crippen LogP contribution >= 0.6 is 15.9 Å². The highest BCUT2D eigenvalue weighted by Crippen LogP contribution is 2.36. The minimum absolute atomic E-state index is 0.118. The monoisotopic (exact) mass is 317 g/mol. The molecule has 0 unspecified atom stereocenters. The fourth-order valence-electron chi connectivity index (χ4n) is 1.56. The molecule has 1 aromatic rings. The fraction of sp³-hybridized carbons (Fsp3) is 0.538. The number of ether oxygens (including phenoxy) is 2. The molecule has 4 nitrogen and oxygen atoms in total. The standard InChI is InChI=1S/C13H20BrNO3/c1-3-8-18-13-10(9-15-6-7-16)11(14)4-5-12(13)17-2/h4-5,15-16H,3,6-9H2,1-2H3. The molecule has 102 valence electrons. The Kier molecular flexibility index (Phi) is 7.08. The largest absolute Gasteiger partial charge is 0.493 e. The molecule has 0 spiro atoms. The number of hydrogen-bond acceptors (Lipinski definition) is 4. The third-order valence-electron chi connectivity index (χ3n) is 2.43. The van der Waals surface area contributed by atoms with Gasteiger partial charge in [-0.2, -0.15) is 0 Å². The molecule has 0 fully saturated rings. The molecule has 0 heterocycles.